The lowest BCUT2D eigenvalue weighted by atomic mass is 10.1. The molecule has 2 heterocycles. The first-order chi connectivity index (χ1) is 19.9. The number of carbonyl (C=O) groups excluding carboxylic acids is 2. The lowest BCUT2D eigenvalue weighted by Crippen LogP contribution is -2.13. The van der Waals surface area contributed by atoms with E-state index in [0.717, 1.165) is 36.0 Å². The molecule has 0 aliphatic carbocycles. The second kappa shape index (κ2) is 10.7. The number of sulfone groups is 1. The third kappa shape index (κ3) is 5.08. The number of fused-ring (bicyclic) bond motifs is 4. The number of carbonyl (C=O) groups is 4. The predicted molar refractivity (Wildman–Crippen MR) is 145 cm³/mol. The summed E-state index contributed by atoms with van der Waals surface area (Å²) in [5.74, 6) is -5.14. The fraction of sp³-hybridized carbons (Fsp3) is 0. The van der Waals surface area contributed by atoms with Crippen molar-refractivity contribution in [2.45, 2.75) is 19.6 Å². The summed E-state index contributed by atoms with van der Waals surface area (Å²) < 4.78 is 53.0. The predicted octanol–water partition coefficient (Wildman–Crippen LogP) is 5.16. The Kier molecular flexibility index (Phi) is 7.26. The minimum absolute atomic E-state index is 0.0658. The summed E-state index contributed by atoms with van der Waals surface area (Å²) in [6.45, 7) is 0. The smallest absolute Gasteiger partial charge is 0.335 e. The van der Waals surface area contributed by atoms with Gasteiger partial charge in [0.2, 0.25) is 9.84 Å². The Morgan fingerprint density at radius 2 is 1.26 bits per heavy atom. The van der Waals surface area contributed by atoms with Crippen molar-refractivity contribution in [2.24, 2.45) is 0 Å². The topological polar surface area (TPSA) is 167 Å². The Morgan fingerprint density at radius 1 is 0.714 bits per heavy atom. The molecule has 2 aliphatic heterocycles. The van der Waals surface area contributed by atoms with E-state index in [-0.39, 0.29) is 37.7 Å². The molecule has 212 valence electrons. The van der Waals surface area contributed by atoms with Gasteiger partial charge in [0.1, 0.15) is 16.5 Å². The highest BCUT2D eigenvalue weighted by molar-refractivity contribution is 7.99. The van der Waals surface area contributed by atoms with E-state index in [1.165, 1.54) is 42.5 Å². The summed E-state index contributed by atoms with van der Waals surface area (Å²) in [5, 5.41) is 22.8. The number of benzene rings is 4. The Bertz CT molecular complexity index is 1960. The van der Waals surface area contributed by atoms with Gasteiger partial charge in [0.15, 0.2) is 0 Å². The standard InChI is InChI=1S/C14H8FNO5S.C14H8FNO3S/c15-9-3-1-2-8-12(9)22(20,21)11-5-4-7(14(18)19)6-10(11)16-13(8)17;15-9-3-1-2-8-12(9)20-11-5-4-7(14(18)19)6-10(11)16-13(8)17/h1-6H,(H,16,17)(H,18,19);1-6H,(H,16,17)(H,18,19). The van der Waals surface area contributed by atoms with Crippen molar-refractivity contribution in [2.75, 3.05) is 10.6 Å². The highest BCUT2D eigenvalue weighted by atomic mass is 32.2. The number of nitrogens with one attached hydrogen (secondary N) is 2. The Balaban J connectivity index is 0.000000169. The maximum absolute atomic E-state index is 14.0. The molecular formula is C28H16F2N2O8S2. The van der Waals surface area contributed by atoms with Gasteiger partial charge in [-0.15, -0.1) is 0 Å². The van der Waals surface area contributed by atoms with Crippen LogP contribution >= 0.6 is 11.8 Å². The van der Waals surface area contributed by atoms with Gasteiger partial charge in [0.25, 0.3) is 11.8 Å². The molecule has 0 fully saturated rings. The second-order valence-corrected chi connectivity index (χ2v) is 11.7. The molecule has 6 rings (SSSR count). The van der Waals surface area contributed by atoms with Crippen molar-refractivity contribution < 1.29 is 46.6 Å². The molecule has 4 N–H and O–H groups in total. The minimum atomic E-state index is -4.30. The molecule has 4 aromatic rings. The van der Waals surface area contributed by atoms with Crippen LogP contribution in [0.15, 0.2) is 92.4 Å². The van der Waals surface area contributed by atoms with Crippen LogP contribution in [0.25, 0.3) is 0 Å². The van der Waals surface area contributed by atoms with Crippen LogP contribution in [0.5, 0.6) is 0 Å². The first-order valence-electron chi connectivity index (χ1n) is 11.8. The zero-order valence-electron chi connectivity index (χ0n) is 20.8. The summed E-state index contributed by atoms with van der Waals surface area (Å²) in [6, 6.07) is 15.1. The van der Waals surface area contributed by atoms with E-state index in [1.54, 1.807) is 6.07 Å². The molecule has 2 aliphatic rings. The van der Waals surface area contributed by atoms with E-state index >= 15 is 0 Å². The van der Waals surface area contributed by atoms with Gasteiger partial charge in [-0.2, -0.15) is 0 Å². The lowest BCUT2D eigenvalue weighted by Gasteiger charge is -2.08. The van der Waals surface area contributed by atoms with E-state index in [0.29, 0.717) is 10.6 Å². The molecular weight excluding hydrogens is 594 g/mol. The van der Waals surface area contributed by atoms with Crippen LogP contribution in [0.4, 0.5) is 20.2 Å². The van der Waals surface area contributed by atoms with Gasteiger partial charge in [-0.05, 0) is 60.7 Å². The molecule has 0 unspecified atom stereocenters. The van der Waals surface area contributed by atoms with Crippen LogP contribution in [0.1, 0.15) is 41.4 Å². The monoisotopic (exact) mass is 610 g/mol. The largest absolute Gasteiger partial charge is 0.478 e. The summed E-state index contributed by atoms with van der Waals surface area (Å²) in [7, 11) is -4.30. The summed E-state index contributed by atoms with van der Waals surface area (Å²) >= 11 is 1.10. The number of carboxylic acid groups (broad SMARTS) is 2. The number of halogens is 2. The van der Waals surface area contributed by atoms with E-state index in [9.17, 15) is 36.4 Å². The van der Waals surface area contributed by atoms with Gasteiger partial charge in [0, 0.05) is 4.90 Å². The van der Waals surface area contributed by atoms with E-state index in [1.807, 2.05) is 0 Å². The third-order valence-corrected chi connectivity index (χ3v) is 9.23. The second-order valence-electron chi connectivity index (χ2n) is 8.78. The highest BCUT2D eigenvalue weighted by Crippen LogP contribution is 2.40. The molecule has 4 aromatic carbocycles. The summed E-state index contributed by atoms with van der Waals surface area (Å²) in [4.78, 5) is 45.9. The zero-order valence-corrected chi connectivity index (χ0v) is 22.5. The minimum Gasteiger partial charge on any atom is -0.478 e. The quantitative estimate of drug-likeness (QED) is 0.240. The van der Waals surface area contributed by atoms with Crippen LogP contribution in [0, 0.1) is 11.6 Å². The average Bonchev–Trinajstić information content (AvgIpc) is 3.13. The van der Waals surface area contributed by atoms with Crippen molar-refractivity contribution >= 4 is 56.7 Å². The molecule has 0 bridgehead atoms. The molecule has 0 spiro atoms. The van der Waals surface area contributed by atoms with Gasteiger partial charge in [-0.3, -0.25) is 9.59 Å². The third-order valence-electron chi connectivity index (χ3n) is 6.14. The van der Waals surface area contributed by atoms with E-state index < -0.39 is 50.1 Å². The van der Waals surface area contributed by atoms with Crippen molar-refractivity contribution in [1.29, 1.82) is 0 Å². The molecule has 0 saturated carbocycles. The number of carboxylic acids is 2. The van der Waals surface area contributed by atoms with Crippen molar-refractivity contribution in [3.05, 3.63) is 107 Å². The van der Waals surface area contributed by atoms with Crippen LogP contribution in [-0.2, 0) is 9.84 Å². The Morgan fingerprint density at radius 3 is 1.93 bits per heavy atom. The molecule has 10 nitrogen and oxygen atoms in total. The molecule has 0 atom stereocenters. The van der Waals surface area contributed by atoms with E-state index in [4.69, 9.17) is 10.2 Å². The first kappa shape index (κ1) is 28.4. The Hall–Kier alpha value is -5.08. The van der Waals surface area contributed by atoms with Crippen molar-refractivity contribution in [3.63, 3.8) is 0 Å². The lowest BCUT2D eigenvalue weighted by molar-refractivity contribution is 0.0686. The van der Waals surface area contributed by atoms with E-state index in [2.05, 4.69) is 10.6 Å². The fourth-order valence-corrected chi connectivity index (χ4v) is 6.85. The fourth-order valence-electron chi connectivity index (χ4n) is 4.20. The van der Waals surface area contributed by atoms with Gasteiger partial charge >= 0.3 is 11.9 Å². The number of amides is 2. The van der Waals surface area contributed by atoms with Gasteiger partial charge in [0.05, 0.1) is 43.4 Å². The van der Waals surface area contributed by atoms with Crippen LogP contribution in [-0.4, -0.2) is 42.4 Å². The molecule has 2 amide bonds. The number of hydrogen-bond donors (Lipinski definition) is 4. The Labute approximate surface area is 239 Å². The van der Waals surface area contributed by atoms with Crippen molar-refractivity contribution in [3.8, 4) is 0 Å². The summed E-state index contributed by atoms with van der Waals surface area (Å²) in [6.07, 6.45) is 0. The maximum Gasteiger partial charge on any atom is 0.335 e. The molecule has 0 radical (unpaired) electrons. The highest BCUT2D eigenvalue weighted by Gasteiger charge is 2.34. The van der Waals surface area contributed by atoms with Crippen LogP contribution in [0.3, 0.4) is 0 Å². The average molecular weight is 611 g/mol. The molecule has 0 saturated heterocycles. The number of hydrogen-bond acceptors (Lipinski definition) is 7. The zero-order chi connectivity index (χ0) is 30.3. The number of anilines is 2. The molecule has 0 aromatic heterocycles. The number of aromatic carboxylic acids is 2. The van der Waals surface area contributed by atoms with Crippen LogP contribution < -0.4 is 10.6 Å². The maximum atomic E-state index is 14.0. The van der Waals surface area contributed by atoms with Gasteiger partial charge < -0.3 is 20.8 Å². The SMILES string of the molecule is O=C(O)c1ccc2c(c1)NC(=O)c1cccc(F)c1S2.O=C(O)c1ccc2c(c1)NC(=O)c1cccc(F)c1S2(=O)=O. The van der Waals surface area contributed by atoms with Crippen molar-refractivity contribution in [1.82, 2.24) is 0 Å². The number of rotatable bonds is 2. The first-order valence-corrected chi connectivity index (χ1v) is 14.1. The van der Waals surface area contributed by atoms with Gasteiger partial charge in [-0.1, -0.05) is 23.9 Å². The molecule has 14 heteroatoms. The summed E-state index contributed by atoms with van der Waals surface area (Å²) in [5.41, 5.74) is -0.0380. The van der Waals surface area contributed by atoms with Crippen LogP contribution in [0.2, 0.25) is 0 Å². The normalized spacial score (nSPS) is 14.1. The molecule has 42 heavy (non-hydrogen) atoms. The van der Waals surface area contributed by atoms with Gasteiger partial charge in [-0.25, -0.2) is 26.8 Å².